The van der Waals surface area contributed by atoms with E-state index in [-0.39, 0.29) is 17.5 Å². The van der Waals surface area contributed by atoms with Crippen LogP contribution in [-0.2, 0) is 4.79 Å². The van der Waals surface area contributed by atoms with Crippen LogP contribution in [0.5, 0.6) is 0 Å². The van der Waals surface area contributed by atoms with Gasteiger partial charge in [0.15, 0.2) is 5.13 Å². The minimum atomic E-state index is -0.308. The van der Waals surface area contributed by atoms with Gasteiger partial charge in [0.2, 0.25) is 11.8 Å². The number of rotatable bonds is 6. The summed E-state index contributed by atoms with van der Waals surface area (Å²) in [6.45, 7) is 0. The Morgan fingerprint density at radius 2 is 2.04 bits per heavy atom. The smallest absolute Gasteiger partial charge is 0.277 e. The molecule has 140 valence electrons. The van der Waals surface area contributed by atoms with Crippen molar-refractivity contribution < 1.29 is 13.6 Å². The summed E-state index contributed by atoms with van der Waals surface area (Å²) >= 11 is 2.43. The summed E-state index contributed by atoms with van der Waals surface area (Å²) in [5.41, 5.74) is 2.16. The Morgan fingerprint density at radius 1 is 1.18 bits per heavy atom. The van der Waals surface area contributed by atoms with E-state index in [1.807, 2.05) is 6.07 Å². The molecule has 0 unspecified atom stereocenters. The Labute approximate surface area is 167 Å². The number of thiazole rings is 1. The highest BCUT2D eigenvalue weighted by atomic mass is 32.2. The zero-order valence-electron chi connectivity index (χ0n) is 14.2. The fraction of sp³-hybridized carbons (Fsp3) is 0.0556. The van der Waals surface area contributed by atoms with Crippen LogP contribution in [0, 0.1) is 5.82 Å². The first-order valence-corrected chi connectivity index (χ1v) is 9.92. The van der Waals surface area contributed by atoms with Crippen LogP contribution in [0.3, 0.4) is 0 Å². The first-order valence-electron chi connectivity index (χ1n) is 8.05. The molecule has 4 rings (SSSR count). The minimum Gasteiger partial charge on any atom is -0.411 e. The summed E-state index contributed by atoms with van der Waals surface area (Å²) in [7, 11) is 0. The van der Waals surface area contributed by atoms with Crippen molar-refractivity contribution in [1.82, 2.24) is 20.2 Å². The van der Waals surface area contributed by atoms with E-state index in [2.05, 4.69) is 25.5 Å². The molecule has 0 bridgehead atoms. The molecule has 3 aromatic heterocycles. The van der Waals surface area contributed by atoms with E-state index >= 15 is 0 Å². The van der Waals surface area contributed by atoms with Crippen LogP contribution >= 0.6 is 23.1 Å². The van der Waals surface area contributed by atoms with Crippen LogP contribution in [0.15, 0.2) is 63.8 Å². The maximum Gasteiger partial charge on any atom is 0.277 e. The number of carbonyl (C=O) groups excluding carboxylic acids is 1. The monoisotopic (exact) mass is 413 g/mol. The molecular weight excluding hydrogens is 401 g/mol. The molecule has 0 atom stereocenters. The molecule has 1 aromatic carbocycles. The maximum atomic E-state index is 13.0. The van der Waals surface area contributed by atoms with Gasteiger partial charge in [-0.05, 0) is 36.4 Å². The molecule has 0 fully saturated rings. The van der Waals surface area contributed by atoms with E-state index in [1.54, 1.807) is 36.0 Å². The van der Waals surface area contributed by atoms with Crippen LogP contribution in [0.2, 0.25) is 0 Å². The lowest BCUT2D eigenvalue weighted by Crippen LogP contribution is -2.13. The number of aromatic nitrogens is 4. The third kappa shape index (κ3) is 4.41. The molecule has 4 aromatic rings. The van der Waals surface area contributed by atoms with Gasteiger partial charge in [0.1, 0.15) is 5.82 Å². The highest BCUT2D eigenvalue weighted by Gasteiger charge is 2.13. The number of pyridine rings is 1. The number of amides is 1. The highest BCUT2D eigenvalue weighted by Crippen LogP contribution is 2.26. The zero-order chi connectivity index (χ0) is 19.3. The van der Waals surface area contributed by atoms with E-state index in [9.17, 15) is 9.18 Å². The number of carbonyl (C=O) groups is 1. The second kappa shape index (κ2) is 8.28. The Balaban J connectivity index is 1.33. The lowest BCUT2D eigenvalue weighted by Gasteiger charge is -1.99. The second-order valence-corrected chi connectivity index (χ2v) is 7.28. The molecule has 0 aliphatic rings. The number of nitrogens with one attached hydrogen (secondary N) is 1. The van der Waals surface area contributed by atoms with Crippen molar-refractivity contribution in [2.75, 3.05) is 11.1 Å². The third-order valence-electron chi connectivity index (χ3n) is 3.53. The average molecular weight is 413 g/mol. The van der Waals surface area contributed by atoms with Gasteiger partial charge in [0.05, 0.1) is 17.0 Å². The van der Waals surface area contributed by atoms with Gasteiger partial charge in [-0.1, -0.05) is 11.8 Å². The van der Waals surface area contributed by atoms with E-state index in [0.29, 0.717) is 27.5 Å². The highest BCUT2D eigenvalue weighted by molar-refractivity contribution is 7.99. The summed E-state index contributed by atoms with van der Waals surface area (Å²) < 4.78 is 18.5. The number of thioether (sulfide) groups is 1. The van der Waals surface area contributed by atoms with Crippen molar-refractivity contribution in [3.63, 3.8) is 0 Å². The van der Waals surface area contributed by atoms with E-state index in [0.717, 1.165) is 17.3 Å². The second-order valence-electron chi connectivity index (χ2n) is 5.50. The lowest BCUT2D eigenvalue weighted by atomic mass is 10.2. The number of benzene rings is 1. The minimum absolute atomic E-state index is 0.0974. The molecule has 1 N–H and O–H groups in total. The fourth-order valence-corrected chi connectivity index (χ4v) is 3.54. The number of hydrogen-bond acceptors (Lipinski definition) is 8. The van der Waals surface area contributed by atoms with Crippen molar-refractivity contribution in [1.29, 1.82) is 0 Å². The SMILES string of the molecule is O=C(CSc1nnc(-c2cccnc2)o1)Nc1nc(-c2ccc(F)cc2)cs1. The molecule has 0 radical (unpaired) electrons. The molecule has 28 heavy (non-hydrogen) atoms. The third-order valence-corrected chi connectivity index (χ3v) is 5.11. The van der Waals surface area contributed by atoms with Crippen LogP contribution in [-0.4, -0.2) is 31.8 Å². The van der Waals surface area contributed by atoms with E-state index in [1.165, 1.54) is 23.5 Å². The molecule has 7 nitrogen and oxygen atoms in total. The van der Waals surface area contributed by atoms with Crippen LogP contribution in [0.25, 0.3) is 22.7 Å². The standard InChI is InChI=1S/C18H12FN5O2S2/c19-13-5-3-11(4-6-13)14-9-27-17(21-14)22-15(25)10-28-18-24-23-16(26-18)12-2-1-7-20-8-12/h1-9H,10H2,(H,21,22,25). The Hall–Kier alpha value is -3.11. The topological polar surface area (TPSA) is 93.8 Å². The predicted molar refractivity (Wildman–Crippen MR) is 104 cm³/mol. The van der Waals surface area contributed by atoms with Gasteiger partial charge in [0, 0.05) is 23.3 Å². The van der Waals surface area contributed by atoms with Crippen LogP contribution < -0.4 is 5.32 Å². The first kappa shape index (κ1) is 18.3. The Kier molecular flexibility index (Phi) is 5.40. The van der Waals surface area contributed by atoms with Crippen molar-refractivity contribution in [2.45, 2.75) is 5.22 Å². The number of anilines is 1. The van der Waals surface area contributed by atoms with Gasteiger partial charge < -0.3 is 9.73 Å². The normalized spacial score (nSPS) is 10.8. The summed E-state index contributed by atoms with van der Waals surface area (Å²) in [6.07, 6.45) is 3.27. The van der Waals surface area contributed by atoms with E-state index in [4.69, 9.17) is 4.42 Å². The van der Waals surface area contributed by atoms with Crippen molar-refractivity contribution in [2.24, 2.45) is 0 Å². The van der Waals surface area contributed by atoms with Crippen LogP contribution in [0.1, 0.15) is 0 Å². The molecule has 0 aliphatic carbocycles. The number of hydrogen-bond donors (Lipinski definition) is 1. The molecule has 3 heterocycles. The van der Waals surface area contributed by atoms with Gasteiger partial charge in [-0.2, -0.15) is 0 Å². The zero-order valence-corrected chi connectivity index (χ0v) is 15.8. The Bertz CT molecular complexity index is 1080. The summed E-state index contributed by atoms with van der Waals surface area (Å²) in [6, 6.07) is 9.60. The lowest BCUT2D eigenvalue weighted by molar-refractivity contribution is -0.113. The molecular formula is C18H12FN5O2S2. The molecule has 0 saturated heterocycles. The Morgan fingerprint density at radius 3 is 2.82 bits per heavy atom. The molecule has 1 amide bonds. The maximum absolute atomic E-state index is 13.0. The summed E-state index contributed by atoms with van der Waals surface area (Å²) in [5, 5.41) is 13.1. The van der Waals surface area contributed by atoms with Gasteiger partial charge in [-0.25, -0.2) is 9.37 Å². The summed E-state index contributed by atoms with van der Waals surface area (Å²) in [5.74, 6) is -0.108. The number of nitrogens with zero attached hydrogens (tertiary/aromatic N) is 4. The largest absolute Gasteiger partial charge is 0.411 e. The van der Waals surface area contributed by atoms with Gasteiger partial charge in [-0.15, -0.1) is 21.5 Å². The quantitative estimate of drug-likeness (QED) is 0.475. The molecule has 10 heteroatoms. The van der Waals surface area contributed by atoms with Crippen molar-refractivity contribution >= 4 is 34.1 Å². The van der Waals surface area contributed by atoms with Gasteiger partial charge >= 0.3 is 0 Å². The number of halogens is 1. The molecule has 0 spiro atoms. The fourth-order valence-electron chi connectivity index (χ4n) is 2.24. The molecule has 0 aliphatic heterocycles. The van der Waals surface area contributed by atoms with Crippen LogP contribution in [0.4, 0.5) is 9.52 Å². The van der Waals surface area contributed by atoms with Gasteiger partial charge in [-0.3, -0.25) is 9.78 Å². The predicted octanol–water partition coefficient (Wildman–Crippen LogP) is 4.13. The van der Waals surface area contributed by atoms with Crippen molar-refractivity contribution in [3.05, 3.63) is 60.0 Å². The average Bonchev–Trinajstić information content (AvgIpc) is 3.37. The van der Waals surface area contributed by atoms with Gasteiger partial charge in [0.25, 0.3) is 5.22 Å². The van der Waals surface area contributed by atoms with Crippen molar-refractivity contribution in [3.8, 4) is 22.7 Å². The molecule has 0 saturated carbocycles. The summed E-state index contributed by atoms with van der Waals surface area (Å²) in [4.78, 5) is 20.5. The van der Waals surface area contributed by atoms with E-state index < -0.39 is 0 Å². The first-order chi connectivity index (χ1) is 13.7.